The molecule has 0 aliphatic carbocycles. The number of nitrogens with zero attached hydrogens (tertiary/aromatic N) is 2. The normalized spacial score (nSPS) is 15.5. The molecule has 1 amide bonds. The topological polar surface area (TPSA) is 91.4 Å². The van der Waals surface area contributed by atoms with E-state index in [1.807, 2.05) is 11.9 Å². The minimum absolute atomic E-state index is 0.251. The highest BCUT2D eigenvalue weighted by molar-refractivity contribution is 7.17. The summed E-state index contributed by atoms with van der Waals surface area (Å²) >= 11 is 1.27. The van der Waals surface area contributed by atoms with Crippen molar-refractivity contribution in [2.24, 2.45) is 5.92 Å². The first-order valence-electron chi connectivity index (χ1n) is 6.91. The molecule has 1 aliphatic heterocycles. The van der Waals surface area contributed by atoms with Crippen molar-refractivity contribution in [3.63, 3.8) is 0 Å². The van der Waals surface area contributed by atoms with Crippen molar-refractivity contribution in [3.8, 4) is 6.07 Å². The molecule has 0 radical (unpaired) electrons. The number of ether oxygens (including phenoxy) is 1. The SMILES string of the molecule is CNC(=O)c1c(N(C)CC2CCOCC2)sc(C#N)c1N. The molecule has 1 fully saturated rings. The van der Waals surface area contributed by atoms with Crippen LogP contribution in [0.2, 0.25) is 0 Å². The van der Waals surface area contributed by atoms with Gasteiger partial charge in [-0.2, -0.15) is 5.26 Å². The van der Waals surface area contributed by atoms with E-state index in [-0.39, 0.29) is 11.6 Å². The highest BCUT2D eigenvalue weighted by Gasteiger charge is 2.25. The smallest absolute Gasteiger partial charge is 0.256 e. The van der Waals surface area contributed by atoms with Gasteiger partial charge in [0.1, 0.15) is 15.9 Å². The number of carbonyl (C=O) groups excluding carboxylic acids is 1. The van der Waals surface area contributed by atoms with Crippen LogP contribution in [0, 0.1) is 17.2 Å². The molecule has 2 heterocycles. The van der Waals surface area contributed by atoms with Crippen molar-refractivity contribution < 1.29 is 9.53 Å². The van der Waals surface area contributed by atoms with Gasteiger partial charge >= 0.3 is 0 Å². The molecule has 0 unspecified atom stereocenters. The molecule has 1 aromatic rings. The van der Waals surface area contributed by atoms with Crippen molar-refractivity contribution in [3.05, 3.63) is 10.4 Å². The first kappa shape index (κ1) is 15.6. The Morgan fingerprint density at radius 3 is 2.81 bits per heavy atom. The number of rotatable bonds is 4. The maximum absolute atomic E-state index is 12.0. The van der Waals surface area contributed by atoms with Crippen molar-refractivity contribution in [1.82, 2.24) is 5.32 Å². The Hall–Kier alpha value is -1.78. The Morgan fingerprint density at radius 1 is 1.57 bits per heavy atom. The van der Waals surface area contributed by atoms with Gasteiger partial charge in [-0.1, -0.05) is 0 Å². The van der Waals surface area contributed by atoms with Crippen LogP contribution >= 0.6 is 11.3 Å². The Morgan fingerprint density at radius 2 is 2.24 bits per heavy atom. The van der Waals surface area contributed by atoms with Crippen LogP contribution in [0.5, 0.6) is 0 Å². The van der Waals surface area contributed by atoms with E-state index in [0.717, 1.165) is 37.6 Å². The van der Waals surface area contributed by atoms with Crippen LogP contribution in [0.15, 0.2) is 0 Å². The second-order valence-electron chi connectivity index (χ2n) is 5.15. The zero-order valence-corrected chi connectivity index (χ0v) is 13.1. The van der Waals surface area contributed by atoms with Gasteiger partial charge in [-0.3, -0.25) is 4.79 Å². The fourth-order valence-electron chi connectivity index (χ4n) is 2.53. The minimum Gasteiger partial charge on any atom is -0.396 e. The van der Waals surface area contributed by atoms with E-state index in [2.05, 4.69) is 11.4 Å². The van der Waals surface area contributed by atoms with Gasteiger partial charge in [0.15, 0.2) is 0 Å². The van der Waals surface area contributed by atoms with Gasteiger partial charge in [0, 0.05) is 33.9 Å². The van der Waals surface area contributed by atoms with Gasteiger partial charge in [0.25, 0.3) is 5.91 Å². The number of hydrogen-bond acceptors (Lipinski definition) is 6. The number of nitrogens with two attached hydrogens (primary N) is 1. The average Bonchev–Trinajstić information content (AvgIpc) is 2.84. The Bertz CT molecular complexity index is 558. The second-order valence-corrected chi connectivity index (χ2v) is 6.15. The lowest BCUT2D eigenvalue weighted by Gasteiger charge is -2.28. The largest absolute Gasteiger partial charge is 0.396 e. The molecule has 2 rings (SSSR count). The molecule has 3 N–H and O–H groups in total. The van der Waals surface area contributed by atoms with Gasteiger partial charge < -0.3 is 20.7 Å². The average molecular weight is 308 g/mol. The Kier molecular flexibility index (Phi) is 5.04. The minimum atomic E-state index is -0.251. The third-order valence-electron chi connectivity index (χ3n) is 3.70. The molecule has 0 saturated carbocycles. The number of nitrogen functional groups attached to an aromatic ring is 1. The van der Waals surface area contributed by atoms with E-state index in [1.165, 1.54) is 11.3 Å². The standard InChI is InChI=1S/C14H20N4O2S/c1-17-13(19)11-12(16)10(7-15)21-14(11)18(2)8-9-3-5-20-6-4-9/h9H,3-6,8,16H2,1-2H3,(H,17,19). The highest BCUT2D eigenvalue weighted by Crippen LogP contribution is 2.38. The molecule has 21 heavy (non-hydrogen) atoms. The lowest BCUT2D eigenvalue weighted by Crippen LogP contribution is -2.30. The monoisotopic (exact) mass is 308 g/mol. The third-order valence-corrected chi connectivity index (χ3v) is 4.93. The van der Waals surface area contributed by atoms with Crippen LogP contribution in [0.3, 0.4) is 0 Å². The molecule has 1 aromatic heterocycles. The fraction of sp³-hybridized carbons (Fsp3) is 0.571. The van der Waals surface area contributed by atoms with Crippen LogP contribution < -0.4 is 16.0 Å². The summed E-state index contributed by atoms with van der Waals surface area (Å²) in [5.74, 6) is 0.286. The molecular formula is C14H20N4O2S. The molecule has 0 bridgehead atoms. The molecule has 1 saturated heterocycles. The predicted octanol–water partition coefficient (Wildman–Crippen LogP) is 1.42. The first-order valence-corrected chi connectivity index (χ1v) is 7.73. The molecule has 6 nitrogen and oxygen atoms in total. The van der Waals surface area contributed by atoms with E-state index in [1.54, 1.807) is 7.05 Å². The maximum Gasteiger partial charge on any atom is 0.256 e. The maximum atomic E-state index is 12.0. The first-order chi connectivity index (χ1) is 10.1. The molecule has 114 valence electrons. The zero-order chi connectivity index (χ0) is 15.4. The highest BCUT2D eigenvalue weighted by atomic mass is 32.1. The van der Waals surface area contributed by atoms with Crippen molar-refractivity contribution >= 4 is 27.9 Å². The van der Waals surface area contributed by atoms with Crippen molar-refractivity contribution in [2.75, 3.05) is 44.5 Å². The lowest BCUT2D eigenvalue weighted by atomic mass is 10.00. The molecular weight excluding hydrogens is 288 g/mol. The number of nitriles is 1. The van der Waals surface area contributed by atoms with E-state index in [9.17, 15) is 4.79 Å². The number of nitrogens with one attached hydrogen (secondary N) is 1. The number of amides is 1. The van der Waals surface area contributed by atoms with Crippen LogP contribution in [0.25, 0.3) is 0 Å². The molecule has 1 aliphatic rings. The summed E-state index contributed by atoms with van der Waals surface area (Å²) < 4.78 is 5.36. The summed E-state index contributed by atoms with van der Waals surface area (Å²) in [6, 6.07) is 2.06. The number of hydrogen-bond donors (Lipinski definition) is 2. The number of thiophene rings is 1. The molecule has 0 aromatic carbocycles. The van der Waals surface area contributed by atoms with Crippen LogP contribution in [-0.2, 0) is 4.74 Å². The number of anilines is 2. The van der Waals surface area contributed by atoms with Gasteiger partial charge in [0.05, 0.1) is 11.3 Å². The predicted molar refractivity (Wildman–Crippen MR) is 83.6 cm³/mol. The summed E-state index contributed by atoms with van der Waals surface area (Å²) in [5, 5.41) is 12.5. The van der Waals surface area contributed by atoms with Crippen molar-refractivity contribution in [2.45, 2.75) is 12.8 Å². The molecule has 0 spiro atoms. The van der Waals surface area contributed by atoms with Crippen molar-refractivity contribution in [1.29, 1.82) is 5.26 Å². The summed E-state index contributed by atoms with van der Waals surface area (Å²) in [7, 11) is 3.50. The van der Waals surface area contributed by atoms with Gasteiger partial charge in [-0.05, 0) is 18.8 Å². The summed E-state index contributed by atoms with van der Waals surface area (Å²) in [6.45, 7) is 2.41. The second kappa shape index (κ2) is 6.78. The van der Waals surface area contributed by atoms with Gasteiger partial charge in [-0.15, -0.1) is 11.3 Å². The number of carbonyl (C=O) groups is 1. The van der Waals surface area contributed by atoms with Gasteiger partial charge in [-0.25, -0.2) is 0 Å². The van der Waals surface area contributed by atoms with Crippen LogP contribution in [0.4, 0.5) is 10.7 Å². The van der Waals surface area contributed by atoms with Gasteiger partial charge in [0.2, 0.25) is 0 Å². The fourth-order valence-corrected chi connectivity index (χ4v) is 3.51. The third kappa shape index (κ3) is 3.28. The van der Waals surface area contributed by atoms with E-state index in [0.29, 0.717) is 16.4 Å². The van der Waals surface area contributed by atoms with Crippen LogP contribution in [0.1, 0.15) is 28.1 Å². The Labute approximate surface area is 128 Å². The zero-order valence-electron chi connectivity index (χ0n) is 12.3. The van der Waals surface area contributed by atoms with E-state index in [4.69, 9.17) is 15.7 Å². The Balaban J connectivity index is 2.24. The summed E-state index contributed by atoms with van der Waals surface area (Å²) in [6.07, 6.45) is 2.04. The molecule has 0 atom stereocenters. The van der Waals surface area contributed by atoms with E-state index < -0.39 is 0 Å². The van der Waals surface area contributed by atoms with E-state index >= 15 is 0 Å². The van der Waals surface area contributed by atoms with Crippen LogP contribution in [-0.4, -0.2) is 39.8 Å². The quantitative estimate of drug-likeness (QED) is 0.878. The molecule has 7 heteroatoms. The lowest BCUT2D eigenvalue weighted by molar-refractivity contribution is 0.0685. The summed E-state index contributed by atoms with van der Waals surface area (Å²) in [5.41, 5.74) is 6.63. The summed E-state index contributed by atoms with van der Waals surface area (Å²) in [4.78, 5) is 14.5.